The molecule has 2 rings (SSSR count). The summed E-state index contributed by atoms with van der Waals surface area (Å²) in [6.45, 7) is 4.13. The average molecular weight is 257 g/mol. The molecule has 14 heavy (non-hydrogen) atoms. The fourth-order valence-corrected chi connectivity index (χ4v) is 2.33. The molecular formula is C10H10BrFN2. The van der Waals surface area contributed by atoms with Gasteiger partial charge in [-0.15, -0.1) is 0 Å². The van der Waals surface area contributed by atoms with Crippen molar-refractivity contribution in [2.45, 2.75) is 19.9 Å². The van der Waals surface area contributed by atoms with Crippen molar-refractivity contribution in [3.05, 3.63) is 28.7 Å². The molecule has 0 aliphatic carbocycles. The fraction of sp³-hybridized carbons (Fsp3) is 0.300. The fourth-order valence-electron chi connectivity index (χ4n) is 1.53. The largest absolute Gasteiger partial charge is 0.316 e. The number of hydrogen-bond acceptors (Lipinski definition) is 1. The van der Waals surface area contributed by atoms with Crippen LogP contribution in [0.4, 0.5) is 4.39 Å². The van der Waals surface area contributed by atoms with Crippen LogP contribution in [0.1, 0.15) is 19.9 Å². The number of halogens is 2. The number of nitrogens with zero attached hydrogens (tertiary/aromatic N) is 2. The van der Waals surface area contributed by atoms with Crippen molar-refractivity contribution >= 4 is 27.0 Å². The monoisotopic (exact) mass is 256 g/mol. The molecule has 0 bridgehead atoms. The van der Waals surface area contributed by atoms with Gasteiger partial charge < -0.3 is 4.57 Å². The van der Waals surface area contributed by atoms with Crippen LogP contribution in [0, 0.1) is 5.82 Å². The predicted molar refractivity (Wildman–Crippen MR) is 57.8 cm³/mol. The van der Waals surface area contributed by atoms with E-state index in [0.29, 0.717) is 11.6 Å². The Morgan fingerprint density at radius 1 is 1.43 bits per heavy atom. The third-order valence-electron chi connectivity index (χ3n) is 2.12. The number of aromatic nitrogens is 2. The van der Waals surface area contributed by atoms with Crippen LogP contribution in [0.2, 0.25) is 0 Å². The van der Waals surface area contributed by atoms with Gasteiger partial charge in [-0.2, -0.15) is 0 Å². The van der Waals surface area contributed by atoms with Crippen molar-refractivity contribution in [3.8, 4) is 0 Å². The number of imidazole rings is 1. The highest BCUT2D eigenvalue weighted by atomic mass is 79.9. The Morgan fingerprint density at radius 2 is 2.14 bits per heavy atom. The van der Waals surface area contributed by atoms with Crippen molar-refractivity contribution in [1.29, 1.82) is 0 Å². The lowest BCUT2D eigenvalue weighted by Crippen LogP contribution is -2.00. The lowest BCUT2D eigenvalue weighted by molar-refractivity contribution is 0.603. The van der Waals surface area contributed by atoms with Crippen LogP contribution in [-0.4, -0.2) is 9.55 Å². The van der Waals surface area contributed by atoms with E-state index in [9.17, 15) is 4.39 Å². The molecule has 0 amide bonds. The van der Waals surface area contributed by atoms with Crippen LogP contribution in [0.5, 0.6) is 0 Å². The van der Waals surface area contributed by atoms with Gasteiger partial charge in [0, 0.05) is 12.1 Å². The van der Waals surface area contributed by atoms with Crippen LogP contribution in [0.3, 0.4) is 0 Å². The number of fused-ring (bicyclic) bond motifs is 1. The van der Waals surface area contributed by atoms with E-state index in [1.54, 1.807) is 6.07 Å². The van der Waals surface area contributed by atoms with E-state index in [4.69, 9.17) is 0 Å². The Hall–Kier alpha value is -0.900. The lowest BCUT2D eigenvalue weighted by atomic mass is 10.3. The Morgan fingerprint density at radius 3 is 2.79 bits per heavy atom. The maximum Gasteiger partial charge on any atom is 0.178 e. The molecule has 0 saturated carbocycles. The van der Waals surface area contributed by atoms with E-state index in [-0.39, 0.29) is 5.82 Å². The normalized spacial score (nSPS) is 11.5. The quantitative estimate of drug-likeness (QED) is 0.764. The van der Waals surface area contributed by atoms with Crippen LogP contribution < -0.4 is 0 Å². The predicted octanol–water partition coefficient (Wildman–Crippen LogP) is 3.52. The summed E-state index contributed by atoms with van der Waals surface area (Å²) < 4.78 is 15.7. The van der Waals surface area contributed by atoms with Crippen molar-refractivity contribution < 1.29 is 4.39 Å². The molecule has 0 aliphatic heterocycles. The Balaban J connectivity index is 2.77. The standard InChI is InChI=1S/C10H10BrFN2/c1-6(2)14-9-4-3-7(12)5-8(9)13-10(14)11/h3-6H,1-2H3. The molecule has 0 unspecified atom stereocenters. The van der Waals surface area contributed by atoms with Crippen molar-refractivity contribution in [1.82, 2.24) is 9.55 Å². The van der Waals surface area contributed by atoms with Crippen LogP contribution in [-0.2, 0) is 0 Å². The number of benzene rings is 1. The minimum atomic E-state index is -0.251. The molecule has 0 N–H and O–H groups in total. The first kappa shape index (κ1) is 9.65. The molecule has 0 radical (unpaired) electrons. The molecule has 74 valence electrons. The Bertz CT molecular complexity index is 476. The molecule has 0 atom stereocenters. The molecule has 0 spiro atoms. The minimum absolute atomic E-state index is 0.251. The van der Waals surface area contributed by atoms with Gasteiger partial charge in [-0.05, 0) is 41.9 Å². The van der Waals surface area contributed by atoms with Gasteiger partial charge in [-0.25, -0.2) is 9.37 Å². The second-order valence-corrected chi connectivity index (χ2v) is 4.19. The first-order valence-corrected chi connectivity index (χ1v) is 5.22. The van der Waals surface area contributed by atoms with Gasteiger partial charge in [0.2, 0.25) is 0 Å². The second kappa shape index (κ2) is 3.35. The summed E-state index contributed by atoms with van der Waals surface area (Å²) in [5, 5.41) is 0. The lowest BCUT2D eigenvalue weighted by Gasteiger charge is -2.09. The Kier molecular flexibility index (Phi) is 2.31. The summed E-state index contributed by atoms with van der Waals surface area (Å²) >= 11 is 3.36. The summed E-state index contributed by atoms with van der Waals surface area (Å²) in [7, 11) is 0. The molecule has 2 aromatic rings. The van der Waals surface area contributed by atoms with Gasteiger partial charge in [-0.1, -0.05) is 0 Å². The summed E-state index contributed by atoms with van der Waals surface area (Å²) in [6.07, 6.45) is 0. The van der Waals surface area contributed by atoms with E-state index in [2.05, 4.69) is 34.8 Å². The van der Waals surface area contributed by atoms with Crippen molar-refractivity contribution in [3.63, 3.8) is 0 Å². The molecule has 0 fully saturated rings. The number of hydrogen-bond donors (Lipinski definition) is 0. The highest BCUT2D eigenvalue weighted by Crippen LogP contribution is 2.24. The minimum Gasteiger partial charge on any atom is -0.316 e. The molecule has 0 saturated heterocycles. The zero-order chi connectivity index (χ0) is 10.3. The smallest absolute Gasteiger partial charge is 0.178 e. The highest BCUT2D eigenvalue weighted by molar-refractivity contribution is 9.10. The van der Waals surface area contributed by atoms with Crippen LogP contribution in [0.25, 0.3) is 11.0 Å². The first-order valence-electron chi connectivity index (χ1n) is 4.42. The molecule has 1 heterocycles. The van der Waals surface area contributed by atoms with E-state index >= 15 is 0 Å². The number of rotatable bonds is 1. The highest BCUT2D eigenvalue weighted by Gasteiger charge is 2.11. The molecule has 1 aromatic carbocycles. The average Bonchev–Trinajstić information content (AvgIpc) is 2.39. The van der Waals surface area contributed by atoms with Gasteiger partial charge >= 0.3 is 0 Å². The third-order valence-corrected chi connectivity index (χ3v) is 2.68. The van der Waals surface area contributed by atoms with E-state index in [0.717, 1.165) is 10.3 Å². The summed E-state index contributed by atoms with van der Waals surface area (Å²) in [4.78, 5) is 4.23. The van der Waals surface area contributed by atoms with Crippen molar-refractivity contribution in [2.75, 3.05) is 0 Å². The topological polar surface area (TPSA) is 17.8 Å². The Labute approximate surface area is 89.9 Å². The molecular weight excluding hydrogens is 247 g/mol. The SMILES string of the molecule is CC(C)n1c(Br)nc2cc(F)ccc21. The molecule has 2 nitrogen and oxygen atoms in total. The summed E-state index contributed by atoms with van der Waals surface area (Å²) in [6, 6.07) is 4.95. The van der Waals surface area contributed by atoms with Crippen LogP contribution in [0.15, 0.2) is 22.9 Å². The van der Waals surface area contributed by atoms with Gasteiger partial charge in [0.1, 0.15) is 5.82 Å². The van der Waals surface area contributed by atoms with E-state index in [1.165, 1.54) is 12.1 Å². The van der Waals surface area contributed by atoms with Gasteiger partial charge in [0.05, 0.1) is 11.0 Å². The van der Waals surface area contributed by atoms with Gasteiger partial charge in [-0.3, -0.25) is 0 Å². The summed E-state index contributed by atoms with van der Waals surface area (Å²) in [5.41, 5.74) is 1.64. The van der Waals surface area contributed by atoms with E-state index < -0.39 is 0 Å². The zero-order valence-electron chi connectivity index (χ0n) is 7.96. The molecule has 4 heteroatoms. The zero-order valence-corrected chi connectivity index (χ0v) is 9.55. The second-order valence-electron chi connectivity index (χ2n) is 3.48. The molecule has 1 aromatic heterocycles. The summed E-state index contributed by atoms with van der Waals surface area (Å²) in [5.74, 6) is -0.251. The van der Waals surface area contributed by atoms with Gasteiger partial charge in [0.25, 0.3) is 0 Å². The van der Waals surface area contributed by atoms with E-state index in [1.807, 2.05) is 4.57 Å². The third kappa shape index (κ3) is 1.43. The van der Waals surface area contributed by atoms with Crippen molar-refractivity contribution in [2.24, 2.45) is 0 Å². The maximum atomic E-state index is 12.9. The van der Waals surface area contributed by atoms with Crippen LogP contribution >= 0.6 is 15.9 Å². The first-order chi connectivity index (χ1) is 6.59. The molecule has 0 aliphatic rings. The van der Waals surface area contributed by atoms with Gasteiger partial charge in [0.15, 0.2) is 4.73 Å². The maximum absolute atomic E-state index is 12.9.